The Labute approximate surface area is 122 Å². The molecule has 0 aliphatic heterocycles. The number of pyridine rings is 1. The second kappa shape index (κ2) is 5.91. The molecule has 0 aliphatic carbocycles. The zero-order chi connectivity index (χ0) is 15.6. The molecule has 2 aromatic rings. The third-order valence-corrected chi connectivity index (χ3v) is 3.46. The molecule has 0 aliphatic rings. The van der Waals surface area contributed by atoms with Gasteiger partial charge in [-0.25, -0.2) is 4.39 Å². The van der Waals surface area contributed by atoms with E-state index >= 15 is 0 Å². The Morgan fingerprint density at radius 3 is 2.48 bits per heavy atom. The number of rotatable bonds is 3. The van der Waals surface area contributed by atoms with Crippen molar-refractivity contribution in [2.45, 2.75) is 20.4 Å². The van der Waals surface area contributed by atoms with Gasteiger partial charge in [-0.05, 0) is 43.2 Å². The predicted molar refractivity (Wildman–Crippen MR) is 78.7 cm³/mol. The quantitative estimate of drug-likeness (QED) is 0.940. The Morgan fingerprint density at radius 2 is 1.86 bits per heavy atom. The first-order valence-electron chi connectivity index (χ1n) is 6.60. The van der Waals surface area contributed by atoms with E-state index in [0.717, 1.165) is 11.3 Å². The SMILES string of the molecule is Cc1cc(C)n(C)c(=O)c1C(=O)NCc1ccc(F)cc1. The number of halogens is 1. The number of nitrogens with one attached hydrogen (secondary N) is 1. The van der Waals surface area contributed by atoms with E-state index in [9.17, 15) is 14.0 Å². The largest absolute Gasteiger partial charge is 0.348 e. The molecule has 1 heterocycles. The number of carbonyl (C=O) groups is 1. The van der Waals surface area contributed by atoms with Crippen LogP contribution in [0.15, 0.2) is 35.1 Å². The molecule has 1 aromatic carbocycles. The van der Waals surface area contributed by atoms with E-state index in [1.165, 1.54) is 16.7 Å². The van der Waals surface area contributed by atoms with Gasteiger partial charge in [0.15, 0.2) is 0 Å². The molecular weight excluding hydrogens is 271 g/mol. The lowest BCUT2D eigenvalue weighted by molar-refractivity contribution is 0.0948. The average molecular weight is 288 g/mol. The molecule has 0 radical (unpaired) electrons. The highest BCUT2D eigenvalue weighted by molar-refractivity contribution is 5.95. The summed E-state index contributed by atoms with van der Waals surface area (Å²) in [5, 5.41) is 2.69. The lowest BCUT2D eigenvalue weighted by Gasteiger charge is -2.11. The zero-order valence-electron chi connectivity index (χ0n) is 12.2. The van der Waals surface area contributed by atoms with Crippen LogP contribution >= 0.6 is 0 Å². The van der Waals surface area contributed by atoms with E-state index in [0.29, 0.717) is 5.56 Å². The summed E-state index contributed by atoms with van der Waals surface area (Å²) in [6.07, 6.45) is 0. The van der Waals surface area contributed by atoms with Crippen LogP contribution in [0.2, 0.25) is 0 Å². The standard InChI is InChI=1S/C16H17FN2O2/c1-10-8-11(2)19(3)16(21)14(10)15(20)18-9-12-4-6-13(17)7-5-12/h4-8H,9H2,1-3H3,(H,18,20). The van der Waals surface area contributed by atoms with E-state index in [4.69, 9.17) is 0 Å². The summed E-state index contributed by atoms with van der Waals surface area (Å²) in [6, 6.07) is 7.65. The molecule has 0 saturated heterocycles. The molecule has 0 fully saturated rings. The minimum absolute atomic E-state index is 0.144. The van der Waals surface area contributed by atoms with Crippen LogP contribution in [0.1, 0.15) is 27.2 Å². The number of carbonyl (C=O) groups excluding carboxylic acids is 1. The van der Waals surface area contributed by atoms with Crippen LogP contribution in [-0.4, -0.2) is 10.5 Å². The number of benzene rings is 1. The molecule has 0 atom stereocenters. The summed E-state index contributed by atoms with van der Waals surface area (Å²) < 4.78 is 14.3. The summed E-state index contributed by atoms with van der Waals surface area (Å²) in [5.41, 5.74) is 2.04. The fourth-order valence-corrected chi connectivity index (χ4v) is 2.13. The predicted octanol–water partition coefficient (Wildman–Crippen LogP) is 2.07. The van der Waals surface area contributed by atoms with Gasteiger partial charge in [0.25, 0.3) is 11.5 Å². The van der Waals surface area contributed by atoms with E-state index in [1.807, 2.05) is 6.92 Å². The molecule has 0 unspecified atom stereocenters. The van der Waals surface area contributed by atoms with E-state index in [-0.39, 0.29) is 23.5 Å². The van der Waals surface area contributed by atoms with Crippen LogP contribution in [0.4, 0.5) is 4.39 Å². The molecule has 21 heavy (non-hydrogen) atoms. The lowest BCUT2D eigenvalue weighted by Crippen LogP contribution is -2.33. The Morgan fingerprint density at radius 1 is 1.24 bits per heavy atom. The molecule has 110 valence electrons. The summed E-state index contributed by atoms with van der Waals surface area (Å²) in [7, 11) is 1.63. The minimum atomic E-state index is -0.419. The highest BCUT2D eigenvalue weighted by Gasteiger charge is 2.15. The summed E-state index contributed by atoms with van der Waals surface area (Å²) in [6.45, 7) is 3.80. The van der Waals surface area contributed by atoms with Crippen molar-refractivity contribution in [3.8, 4) is 0 Å². The summed E-state index contributed by atoms with van der Waals surface area (Å²) >= 11 is 0. The normalized spacial score (nSPS) is 10.5. The Balaban J connectivity index is 2.20. The van der Waals surface area contributed by atoms with Crippen molar-refractivity contribution in [3.63, 3.8) is 0 Å². The zero-order valence-corrected chi connectivity index (χ0v) is 12.2. The summed E-state index contributed by atoms with van der Waals surface area (Å²) in [4.78, 5) is 24.4. The van der Waals surface area contributed by atoms with Gasteiger partial charge in [0, 0.05) is 19.3 Å². The molecule has 1 aromatic heterocycles. The third kappa shape index (κ3) is 3.18. The van der Waals surface area contributed by atoms with Crippen LogP contribution in [-0.2, 0) is 13.6 Å². The van der Waals surface area contributed by atoms with Gasteiger partial charge in [0.05, 0.1) is 0 Å². The van der Waals surface area contributed by atoms with Crippen LogP contribution < -0.4 is 10.9 Å². The van der Waals surface area contributed by atoms with Gasteiger partial charge < -0.3 is 9.88 Å². The molecule has 2 rings (SSSR count). The van der Waals surface area contributed by atoms with Gasteiger partial charge in [-0.15, -0.1) is 0 Å². The average Bonchev–Trinajstić information content (AvgIpc) is 2.44. The van der Waals surface area contributed by atoms with Crippen LogP contribution in [0, 0.1) is 19.7 Å². The maximum absolute atomic E-state index is 12.8. The molecule has 0 spiro atoms. The Hall–Kier alpha value is -2.43. The fraction of sp³-hybridized carbons (Fsp3) is 0.250. The second-order valence-corrected chi connectivity index (χ2v) is 5.02. The number of amides is 1. The van der Waals surface area contributed by atoms with E-state index < -0.39 is 5.91 Å². The van der Waals surface area contributed by atoms with Gasteiger partial charge in [-0.3, -0.25) is 9.59 Å². The van der Waals surface area contributed by atoms with Crippen molar-refractivity contribution in [1.29, 1.82) is 0 Å². The smallest absolute Gasteiger partial charge is 0.263 e. The maximum Gasteiger partial charge on any atom is 0.263 e. The Bertz CT molecular complexity index is 733. The van der Waals surface area contributed by atoms with Gasteiger partial charge in [0.2, 0.25) is 0 Å². The fourth-order valence-electron chi connectivity index (χ4n) is 2.13. The molecule has 1 amide bonds. The van der Waals surface area contributed by atoms with E-state index in [2.05, 4.69) is 5.32 Å². The van der Waals surface area contributed by atoms with Gasteiger partial charge in [0.1, 0.15) is 11.4 Å². The monoisotopic (exact) mass is 288 g/mol. The summed E-state index contributed by atoms with van der Waals surface area (Å²) in [5.74, 6) is -0.745. The minimum Gasteiger partial charge on any atom is -0.348 e. The van der Waals surface area contributed by atoms with E-state index in [1.54, 1.807) is 32.2 Å². The van der Waals surface area contributed by atoms with Crippen molar-refractivity contribution in [2.24, 2.45) is 7.05 Å². The van der Waals surface area contributed by atoms with Crippen molar-refractivity contribution >= 4 is 5.91 Å². The maximum atomic E-state index is 12.8. The van der Waals surface area contributed by atoms with Gasteiger partial charge in [-0.2, -0.15) is 0 Å². The number of hydrogen-bond donors (Lipinski definition) is 1. The molecule has 0 bridgehead atoms. The molecule has 5 heteroatoms. The van der Waals surface area contributed by atoms with Gasteiger partial charge >= 0.3 is 0 Å². The highest BCUT2D eigenvalue weighted by atomic mass is 19.1. The number of nitrogens with zero attached hydrogens (tertiary/aromatic N) is 1. The topological polar surface area (TPSA) is 51.1 Å². The first-order chi connectivity index (χ1) is 9.90. The van der Waals surface area contributed by atoms with Crippen molar-refractivity contribution in [1.82, 2.24) is 9.88 Å². The van der Waals surface area contributed by atoms with Crippen LogP contribution in [0.25, 0.3) is 0 Å². The van der Waals surface area contributed by atoms with Crippen molar-refractivity contribution < 1.29 is 9.18 Å². The first-order valence-corrected chi connectivity index (χ1v) is 6.60. The number of aryl methyl sites for hydroxylation is 2. The second-order valence-electron chi connectivity index (χ2n) is 5.02. The third-order valence-electron chi connectivity index (χ3n) is 3.46. The lowest BCUT2D eigenvalue weighted by atomic mass is 10.1. The van der Waals surface area contributed by atoms with Crippen molar-refractivity contribution in [2.75, 3.05) is 0 Å². The molecule has 1 N–H and O–H groups in total. The Kier molecular flexibility index (Phi) is 4.21. The molecular formula is C16H17FN2O2. The number of hydrogen-bond acceptors (Lipinski definition) is 2. The first kappa shape index (κ1) is 15.0. The van der Waals surface area contributed by atoms with Crippen LogP contribution in [0.5, 0.6) is 0 Å². The van der Waals surface area contributed by atoms with Gasteiger partial charge in [-0.1, -0.05) is 12.1 Å². The highest BCUT2D eigenvalue weighted by Crippen LogP contribution is 2.07. The van der Waals surface area contributed by atoms with Crippen LogP contribution in [0.3, 0.4) is 0 Å². The number of aromatic nitrogens is 1. The molecule has 4 nitrogen and oxygen atoms in total. The molecule has 0 saturated carbocycles. The van der Waals surface area contributed by atoms with Crippen molar-refractivity contribution in [3.05, 3.63) is 68.9 Å².